The summed E-state index contributed by atoms with van der Waals surface area (Å²) in [7, 11) is 2.07. The molecule has 3 nitrogen and oxygen atoms in total. The molecular weight excluding hydrogens is 288 g/mol. The fourth-order valence-electron chi connectivity index (χ4n) is 2.07. The predicted octanol–water partition coefficient (Wildman–Crippen LogP) is 4.19. The van der Waals surface area contributed by atoms with E-state index in [9.17, 15) is 5.11 Å². The highest BCUT2D eigenvalue weighted by molar-refractivity contribution is 7.15. The minimum Gasteiger partial charge on any atom is -0.391 e. The maximum absolute atomic E-state index is 9.55. The number of thiophene rings is 1. The molecule has 0 aliphatic rings. The van der Waals surface area contributed by atoms with Crippen LogP contribution in [0.15, 0.2) is 17.5 Å². The van der Waals surface area contributed by atoms with E-state index in [1.165, 1.54) is 4.88 Å². The van der Waals surface area contributed by atoms with Gasteiger partial charge in [0.25, 0.3) is 0 Å². The van der Waals surface area contributed by atoms with Crippen molar-refractivity contribution in [3.63, 3.8) is 0 Å². The van der Waals surface area contributed by atoms with E-state index in [0.29, 0.717) is 6.04 Å². The van der Waals surface area contributed by atoms with E-state index in [1.807, 2.05) is 0 Å². The van der Waals surface area contributed by atoms with Crippen LogP contribution < -0.4 is 4.90 Å². The van der Waals surface area contributed by atoms with E-state index in [1.54, 1.807) is 22.7 Å². The lowest BCUT2D eigenvalue weighted by atomic mass is 9.91. The average molecular weight is 310 g/mol. The van der Waals surface area contributed by atoms with Crippen LogP contribution in [0, 0.1) is 0 Å². The number of nitrogens with zero attached hydrogens (tertiary/aromatic N) is 2. The van der Waals surface area contributed by atoms with Gasteiger partial charge in [-0.1, -0.05) is 38.2 Å². The minimum atomic E-state index is -0.0418. The van der Waals surface area contributed by atoms with E-state index in [2.05, 4.69) is 57.2 Å². The number of thiazole rings is 1. The van der Waals surface area contributed by atoms with Crippen LogP contribution in [0.4, 0.5) is 5.13 Å². The van der Waals surface area contributed by atoms with Crippen molar-refractivity contribution in [2.45, 2.75) is 45.8 Å². The number of hydrogen-bond donors (Lipinski definition) is 1. The van der Waals surface area contributed by atoms with Gasteiger partial charge in [-0.3, -0.25) is 0 Å². The second kappa shape index (κ2) is 5.84. The molecule has 2 heterocycles. The molecule has 0 radical (unpaired) electrons. The minimum absolute atomic E-state index is 0.0418. The molecule has 1 N–H and O–H groups in total. The van der Waals surface area contributed by atoms with E-state index < -0.39 is 0 Å². The molecule has 0 aromatic carbocycles. The Morgan fingerprint density at radius 3 is 2.55 bits per heavy atom. The maximum Gasteiger partial charge on any atom is 0.186 e. The third-order valence-corrected chi connectivity index (χ3v) is 5.55. The van der Waals surface area contributed by atoms with Gasteiger partial charge in [-0.15, -0.1) is 11.3 Å². The van der Waals surface area contributed by atoms with Gasteiger partial charge in [-0.25, -0.2) is 4.98 Å². The topological polar surface area (TPSA) is 36.4 Å². The molecule has 0 saturated heterocycles. The van der Waals surface area contributed by atoms with Crippen molar-refractivity contribution < 1.29 is 5.11 Å². The van der Waals surface area contributed by atoms with E-state index in [-0.39, 0.29) is 12.0 Å². The summed E-state index contributed by atoms with van der Waals surface area (Å²) in [5.74, 6) is 0. The van der Waals surface area contributed by atoms with Gasteiger partial charge >= 0.3 is 0 Å². The third-order valence-electron chi connectivity index (χ3n) is 3.38. The second-order valence-electron chi connectivity index (χ2n) is 5.98. The van der Waals surface area contributed by atoms with Crippen LogP contribution in [0.3, 0.4) is 0 Å². The standard InChI is InChI=1S/C15H22N2OS2/c1-10(11-7-6-8-19-11)17(5)14-16-13(15(2,3)4)12(9-18)20-14/h6-8,10,18H,9H2,1-5H3. The first-order valence-corrected chi connectivity index (χ1v) is 8.41. The van der Waals surface area contributed by atoms with Crippen molar-refractivity contribution in [3.05, 3.63) is 33.0 Å². The van der Waals surface area contributed by atoms with Gasteiger partial charge in [0, 0.05) is 17.3 Å². The number of hydrogen-bond acceptors (Lipinski definition) is 5. The third kappa shape index (κ3) is 3.05. The lowest BCUT2D eigenvalue weighted by molar-refractivity contribution is 0.282. The van der Waals surface area contributed by atoms with Gasteiger partial charge in [-0.05, 0) is 18.4 Å². The summed E-state index contributed by atoms with van der Waals surface area (Å²) in [4.78, 5) is 9.25. The van der Waals surface area contributed by atoms with Crippen molar-refractivity contribution >= 4 is 27.8 Å². The van der Waals surface area contributed by atoms with Gasteiger partial charge in [0.1, 0.15) is 0 Å². The summed E-state index contributed by atoms with van der Waals surface area (Å²) in [6.07, 6.45) is 0. The molecule has 0 spiro atoms. The van der Waals surface area contributed by atoms with Gasteiger partial charge in [0.05, 0.1) is 23.2 Å². The van der Waals surface area contributed by atoms with Crippen LogP contribution >= 0.6 is 22.7 Å². The molecule has 110 valence electrons. The first-order chi connectivity index (χ1) is 9.34. The predicted molar refractivity (Wildman–Crippen MR) is 87.9 cm³/mol. The molecule has 1 atom stereocenters. The smallest absolute Gasteiger partial charge is 0.186 e. The number of rotatable bonds is 4. The molecular formula is C15H22N2OS2. The SMILES string of the molecule is CC(c1cccs1)N(C)c1nc(C(C)(C)C)c(CO)s1. The van der Waals surface area contributed by atoms with Gasteiger partial charge < -0.3 is 10.0 Å². The van der Waals surface area contributed by atoms with Crippen molar-refractivity contribution in [2.75, 3.05) is 11.9 Å². The summed E-state index contributed by atoms with van der Waals surface area (Å²) in [6, 6.07) is 4.52. The molecule has 0 saturated carbocycles. The Balaban J connectivity index is 2.31. The summed E-state index contributed by atoms with van der Waals surface area (Å²) in [5.41, 5.74) is 0.963. The maximum atomic E-state index is 9.55. The molecule has 2 rings (SSSR count). The molecule has 0 amide bonds. The van der Waals surface area contributed by atoms with E-state index in [0.717, 1.165) is 15.7 Å². The summed E-state index contributed by atoms with van der Waals surface area (Å²) in [6.45, 7) is 8.64. The van der Waals surface area contributed by atoms with Crippen LogP contribution in [0.25, 0.3) is 0 Å². The van der Waals surface area contributed by atoms with Crippen LogP contribution in [0.2, 0.25) is 0 Å². The largest absolute Gasteiger partial charge is 0.391 e. The fourth-order valence-corrected chi connectivity index (χ4v) is 4.07. The lowest BCUT2D eigenvalue weighted by Gasteiger charge is -2.23. The molecule has 0 bridgehead atoms. The Morgan fingerprint density at radius 2 is 2.10 bits per heavy atom. The van der Waals surface area contributed by atoms with Crippen LogP contribution in [0.1, 0.15) is 49.2 Å². The Hall–Kier alpha value is -0.910. The second-order valence-corrected chi connectivity index (χ2v) is 8.02. The first kappa shape index (κ1) is 15.5. The van der Waals surface area contributed by atoms with Gasteiger partial charge in [-0.2, -0.15) is 0 Å². The molecule has 0 aliphatic carbocycles. The molecule has 20 heavy (non-hydrogen) atoms. The highest BCUT2D eigenvalue weighted by Gasteiger charge is 2.25. The normalized spacial score (nSPS) is 13.5. The summed E-state index contributed by atoms with van der Waals surface area (Å²) in [5, 5.41) is 12.6. The molecule has 5 heteroatoms. The zero-order valence-corrected chi connectivity index (χ0v) is 14.3. The molecule has 0 fully saturated rings. The van der Waals surface area contributed by atoms with Crippen molar-refractivity contribution in [2.24, 2.45) is 0 Å². The molecule has 1 unspecified atom stereocenters. The van der Waals surface area contributed by atoms with Gasteiger partial charge in [0.15, 0.2) is 5.13 Å². The first-order valence-electron chi connectivity index (χ1n) is 6.72. The van der Waals surface area contributed by atoms with E-state index >= 15 is 0 Å². The van der Waals surface area contributed by atoms with Crippen LogP contribution in [-0.4, -0.2) is 17.1 Å². The number of aromatic nitrogens is 1. The van der Waals surface area contributed by atoms with Crippen LogP contribution in [-0.2, 0) is 12.0 Å². The van der Waals surface area contributed by atoms with Crippen molar-refractivity contribution in [1.82, 2.24) is 4.98 Å². The quantitative estimate of drug-likeness (QED) is 0.920. The highest BCUT2D eigenvalue weighted by Crippen LogP contribution is 2.36. The van der Waals surface area contributed by atoms with Crippen molar-refractivity contribution in [1.29, 1.82) is 0 Å². The Kier molecular flexibility index (Phi) is 4.52. The van der Waals surface area contributed by atoms with Gasteiger partial charge in [0.2, 0.25) is 0 Å². The summed E-state index contributed by atoms with van der Waals surface area (Å²) >= 11 is 3.35. The number of anilines is 1. The molecule has 0 aliphatic heterocycles. The Morgan fingerprint density at radius 1 is 1.40 bits per heavy atom. The fraction of sp³-hybridized carbons (Fsp3) is 0.533. The van der Waals surface area contributed by atoms with E-state index in [4.69, 9.17) is 4.98 Å². The summed E-state index contributed by atoms with van der Waals surface area (Å²) < 4.78 is 0. The zero-order valence-electron chi connectivity index (χ0n) is 12.7. The van der Waals surface area contributed by atoms with Crippen molar-refractivity contribution in [3.8, 4) is 0 Å². The Bertz CT molecular complexity index is 555. The zero-order chi connectivity index (χ0) is 14.9. The number of aliphatic hydroxyl groups excluding tert-OH is 1. The Labute approximate surface area is 128 Å². The lowest BCUT2D eigenvalue weighted by Crippen LogP contribution is -2.21. The van der Waals surface area contributed by atoms with Crippen LogP contribution in [0.5, 0.6) is 0 Å². The molecule has 2 aromatic rings. The highest BCUT2D eigenvalue weighted by atomic mass is 32.1. The molecule has 2 aromatic heterocycles. The number of aliphatic hydroxyl groups is 1. The average Bonchev–Trinajstić information content (AvgIpc) is 3.04. The monoisotopic (exact) mass is 310 g/mol.